The summed E-state index contributed by atoms with van der Waals surface area (Å²) in [5.74, 6) is -1.16. The first-order valence-corrected chi connectivity index (χ1v) is 14.7. The molecule has 210 valence electrons. The van der Waals surface area contributed by atoms with Gasteiger partial charge in [0.05, 0.1) is 45.3 Å². The van der Waals surface area contributed by atoms with Crippen LogP contribution in [0.1, 0.15) is 20.3 Å². The van der Waals surface area contributed by atoms with Crippen LogP contribution in [0.3, 0.4) is 0 Å². The lowest BCUT2D eigenvalue weighted by Gasteiger charge is -2.14. The first kappa shape index (κ1) is 30.2. The van der Waals surface area contributed by atoms with E-state index in [0.717, 1.165) is 19.1 Å². The highest BCUT2D eigenvalue weighted by molar-refractivity contribution is 7.94. The van der Waals surface area contributed by atoms with Gasteiger partial charge in [-0.15, -0.1) is 14.6 Å². The maximum absolute atomic E-state index is 12.5. The van der Waals surface area contributed by atoms with Crippen LogP contribution in [-0.2, 0) is 34.1 Å². The number of benzene rings is 3. The Kier molecular flexibility index (Phi) is 9.49. The molecule has 39 heavy (non-hydrogen) atoms. The van der Waals surface area contributed by atoms with E-state index in [1.807, 2.05) is 0 Å². The molecule has 0 saturated carbocycles. The Bertz CT molecular complexity index is 1660. The minimum absolute atomic E-state index is 0.00624. The van der Waals surface area contributed by atoms with E-state index in [4.69, 9.17) is 9.99 Å². The van der Waals surface area contributed by atoms with Crippen molar-refractivity contribution in [1.29, 1.82) is 0 Å². The number of sulfone groups is 1. The lowest BCUT2D eigenvalue weighted by atomic mass is 10.1. The number of aromatic hydroxyl groups is 1. The van der Waals surface area contributed by atoms with Crippen LogP contribution in [0.25, 0.3) is 10.8 Å². The molecule has 0 heterocycles. The monoisotopic (exact) mass is 601 g/mol. The highest BCUT2D eigenvalue weighted by Crippen LogP contribution is 2.47. The molecular weight excluding hydrogens is 578 g/mol. The third-order valence-electron chi connectivity index (χ3n) is 5.13. The summed E-state index contributed by atoms with van der Waals surface area (Å²) in [5, 5.41) is 33.8. The second kappa shape index (κ2) is 12.2. The minimum atomic E-state index is -4.72. The Morgan fingerprint density at radius 1 is 1.08 bits per heavy atom. The van der Waals surface area contributed by atoms with Crippen LogP contribution in [-0.4, -0.2) is 50.5 Å². The normalized spacial score (nSPS) is 12.2. The van der Waals surface area contributed by atoms with Crippen LogP contribution in [0, 0.1) is 0 Å². The minimum Gasteiger partial charge on any atom is -0.505 e. The van der Waals surface area contributed by atoms with Gasteiger partial charge in [0, 0.05) is 12.3 Å². The molecular formula is C22H23N3O11S3. The molecule has 17 heteroatoms. The van der Waals surface area contributed by atoms with Crippen molar-refractivity contribution in [3.63, 3.8) is 0 Å². The number of methoxy groups -OCH3 is 1. The SMILES string of the molecule is CCCS(=O)(=O)c1ccc(OC)c(N=Nc2c(SOOO)cc3cc(S(=O)(=O)O)cc(NC(C)=O)c3c2O)c1. The molecule has 0 aromatic heterocycles. The zero-order chi connectivity index (χ0) is 29.0. The van der Waals surface area contributed by atoms with Gasteiger partial charge in [-0.2, -0.15) is 8.42 Å². The molecule has 3 aromatic rings. The summed E-state index contributed by atoms with van der Waals surface area (Å²) in [6.07, 6.45) is 0.389. The Morgan fingerprint density at radius 3 is 2.38 bits per heavy atom. The third-order valence-corrected chi connectivity index (χ3v) is 8.50. The topological polar surface area (TPSA) is 210 Å². The summed E-state index contributed by atoms with van der Waals surface area (Å²) in [6.45, 7) is 2.86. The lowest BCUT2D eigenvalue weighted by Crippen LogP contribution is -2.08. The third kappa shape index (κ3) is 7.01. The summed E-state index contributed by atoms with van der Waals surface area (Å²) >= 11 is 0.356. The van der Waals surface area contributed by atoms with Crippen molar-refractivity contribution < 1.29 is 50.7 Å². The fraction of sp³-hybridized carbons (Fsp3) is 0.227. The first-order chi connectivity index (χ1) is 18.3. The molecule has 1 amide bonds. The average molecular weight is 602 g/mol. The maximum Gasteiger partial charge on any atom is 0.294 e. The van der Waals surface area contributed by atoms with Crippen molar-refractivity contribution in [2.75, 3.05) is 18.2 Å². The van der Waals surface area contributed by atoms with E-state index < -0.39 is 36.5 Å². The molecule has 0 aliphatic carbocycles. The molecule has 0 saturated heterocycles. The number of rotatable bonds is 11. The summed E-state index contributed by atoms with van der Waals surface area (Å²) in [5.41, 5.74) is -0.476. The molecule has 0 bridgehead atoms. The fourth-order valence-corrected chi connectivity index (χ4v) is 5.92. The van der Waals surface area contributed by atoms with Crippen LogP contribution >= 0.6 is 12.0 Å². The van der Waals surface area contributed by atoms with Crippen LogP contribution in [0.2, 0.25) is 0 Å². The maximum atomic E-state index is 12.5. The Labute approximate surface area is 227 Å². The van der Waals surface area contributed by atoms with Gasteiger partial charge in [-0.25, -0.2) is 13.7 Å². The average Bonchev–Trinajstić information content (AvgIpc) is 2.85. The van der Waals surface area contributed by atoms with Crippen molar-refractivity contribution >= 4 is 65.7 Å². The lowest BCUT2D eigenvalue weighted by molar-refractivity contribution is -0.432. The van der Waals surface area contributed by atoms with Crippen molar-refractivity contribution in [1.82, 2.24) is 0 Å². The van der Waals surface area contributed by atoms with Crippen molar-refractivity contribution in [2.45, 2.75) is 35.0 Å². The molecule has 0 aliphatic rings. The summed E-state index contributed by atoms with van der Waals surface area (Å²) < 4.78 is 67.9. The van der Waals surface area contributed by atoms with Crippen molar-refractivity contribution in [2.24, 2.45) is 10.2 Å². The highest BCUT2D eigenvalue weighted by atomic mass is 32.2. The Balaban J connectivity index is 2.29. The number of carbonyl (C=O) groups is 1. The number of hydrogen-bond donors (Lipinski definition) is 4. The van der Waals surface area contributed by atoms with E-state index >= 15 is 0 Å². The van der Waals surface area contributed by atoms with E-state index in [-0.39, 0.29) is 49.1 Å². The quantitative estimate of drug-likeness (QED) is 0.0768. The van der Waals surface area contributed by atoms with Gasteiger partial charge in [0.25, 0.3) is 10.1 Å². The van der Waals surface area contributed by atoms with Gasteiger partial charge < -0.3 is 15.2 Å². The second-order valence-electron chi connectivity index (χ2n) is 7.88. The number of ether oxygens (including phenoxy) is 1. The number of nitrogens with one attached hydrogen (secondary N) is 1. The number of carbonyl (C=O) groups excluding carboxylic acids is 1. The van der Waals surface area contributed by atoms with Crippen LogP contribution in [0.15, 0.2) is 61.3 Å². The number of nitrogens with zero attached hydrogens (tertiary/aromatic N) is 2. The number of phenolic OH excluding ortho intramolecular Hbond substituents is 1. The largest absolute Gasteiger partial charge is 0.505 e. The van der Waals surface area contributed by atoms with Gasteiger partial charge in [0.2, 0.25) is 5.91 Å². The molecule has 0 aliphatic heterocycles. The van der Waals surface area contributed by atoms with Crippen molar-refractivity contribution in [3.05, 3.63) is 36.4 Å². The molecule has 0 fully saturated rings. The van der Waals surface area contributed by atoms with Gasteiger partial charge in [0.1, 0.15) is 17.1 Å². The zero-order valence-corrected chi connectivity index (χ0v) is 23.1. The number of hydrogen-bond acceptors (Lipinski definition) is 13. The molecule has 0 atom stereocenters. The predicted octanol–water partition coefficient (Wildman–Crippen LogP) is 4.79. The summed E-state index contributed by atoms with van der Waals surface area (Å²) in [6, 6.07) is 7.20. The molecule has 0 radical (unpaired) electrons. The van der Waals surface area contributed by atoms with Gasteiger partial charge in [-0.1, -0.05) is 12.0 Å². The first-order valence-electron chi connectivity index (χ1n) is 10.9. The summed E-state index contributed by atoms with van der Waals surface area (Å²) in [4.78, 5) is 11.1. The van der Waals surface area contributed by atoms with Crippen LogP contribution in [0.5, 0.6) is 11.5 Å². The van der Waals surface area contributed by atoms with Crippen LogP contribution in [0.4, 0.5) is 17.1 Å². The number of anilines is 1. The van der Waals surface area contributed by atoms with E-state index in [2.05, 4.69) is 24.9 Å². The van der Waals surface area contributed by atoms with E-state index in [1.54, 1.807) is 6.92 Å². The second-order valence-corrected chi connectivity index (χ2v) is 12.1. The van der Waals surface area contributed by atoms with E-state index in [1.165, 1.54) is 31.4 Å². The Morgan fingerprint density at radius 2 is 1.79 bits per heavy atom. The van der Waals surface area contributed by atoms with Crippen molar-refractivity contribution in [3.8, 4) is 11.5 Å². The Hall–Kier alpha value is -3.32. The van der Waals surface area contributed by atoms with Gasteiger partial charge >= 0.3 is 0 Å². The van der Waals surface area contributed by atoms with Gasteiger partial charge in [0.15, 0.2) is 15.6 Å². The number of azo groups is 1. The van der Waals surface area contributed by atoms with E-state index in [9.17, 15) is 31.3 Å². The molecule has 14 nitrogen and oxygen atoms in total. The standard InChI is InChI=1S/C22H23N3O11S3/c1-4-7-38(29,30)14-5-6-18(34-3)16(10-14)24-25-21-19(37-36-35-28)9-13-8-15(39(31,32)33)11-17(23-12(2)26)20(13)22(21)27/h5-6,8-11,27-28H,4,7H2,1-3H3,(H,23,26)(H,31,32,33). The highest BCUT2D eigenvalue weighted by Gasteiger charge is 2.22. The number of phenols is 1. The molecule has 0 spiro atoms. The van der Waals surface area contributed by atoms with Gasteiger partial charge in [-0.3, -0.25) is 9.35 Å². The fourth-order valence-electron chi connectivity index (χ4n) is 3.54. The molecule has 3 rings (SSSR count). The smallest absolute Gasteiger partial charge is 0.294 e. The molecule has 0 unspecified atom stereocenters. The number of amides is 1. The van der Waals surface area contributed by atoms with Gasteiger partial charge in [-0.05, 0) is 48.2 Å². The van der Waals surface area contributed by atoms with Crippen LogP contribution < -0.4 is 10.1 Å². The summed E-state index contributed by atoms with van der Waals surface area (Å²) in [7, 11) is -7.00. The predicted molar refractivity (Wildman–Crippen MR) is 140 cm³/mol. The molecule has 4 N–H and O–H groups in total. The molecule has 3 aromatic carbocycles. The number of fused-ring (bicyclic) bond motifs is 1. The zero-order valence-electron chi connectivity index (χ0n) is 20.6. The van der Waals surface area contributed by atoms with E-state index in [0.29, 0.717) is 18.5 Å².